The number of ether oxygens (including phenoxy) is 2. The third kappa shape index (κ3) is 4.54. The highest BCUT2D eigenvalue weighted by Gasteiger charge is 2.51. The molecule has 0 saturated carbocycles. The van der Waals surface area contributed by atoms with Gasteiger partial charge in [0.05, 0.1) is 12.7 Å². The molecular formula is C21H19F2N3O5. The van der Waals surface area contributed by atoms with Gasteiger partial charge < -0.3 is 14.6 Å². The number of hydrogen-bond donors (Lipinski definition) is 2. The summed E-state index contributed by atoms with van der Waals surface area (Å²) in [5.74, 6) is -3.49. The van der Waals surface area contributed by atoms with E-state index in [9.17, 15) is 18.4 Å². The minimum Gasteiger partial charge on any atom is -0.444 e. The normalized spacial score (nSPS) is 20.0. The number of amides is 1. The molecule has 3 aromatic rings. The number of aromatic nitrogens is 2. The van der Waals surface area contributed by atoms with Crippen LogP contribution in [0.25, 0.3) is 10.8 Å². The maximum atomic E-state index is 14.1. The van der Waals surface area contributed by atoms with Crippen LogP contribution in [0, 0.1) is 0 Å². The number of rotatable bonds is 5. The Balaban J connectivity index is 1.39. The number of carbonyl (C=O) groups excluding carboxylic acids is 1. The van der Waals surface area contributed by atoms with Crippen molar-refractivity contribution in [3.8, 4) is 0 Å². The number of halogens is 2. The van der Waals surface area contributed by atoms with Gasteiger partial charge in [0.15, 0.2) is 0 Å². The largest absolute Gasteiger partial charge is 0.444 e. The van der Waals surface area contributed by atoms with Gasteiger partial charge in [0.25, 0.3) is 5.92 Å². The molecule has 162 valence electrons. The third-order valence-corrected chi connectivity index (χ3v) is 4.88. The Labute approximate surface area is 175 Å². The van der Waals surface area contributed by atoms with Crippen molar-refractivity contribution >= 4 is 22.7 Å². The number of carbonyl (C=O) groups is 1. The van der Waals surface area contributed by atoms with Gasteiger partial charge in [-0.2, -0.15) is 4.98 Å². The van der Waals surface area contributed by atoms with E-state index in [-0.39, 0.29) is 12.4 Å². The van der Waals surface area contributed by atoms with E-state index < -0.39 is 43.1 Å². The fraction of sp³-hybridized carbons (Fsp3) is 0.286. The number of hydrogen-bond acceptors (Lipinski definition) is 6. The van der Waals surface area contributed by atoms with Gasteiger partial charge in [-0.3, -0.25) is 9.88 Å². The lowest BCUT2D eigenvalue weighted by atomic mass is 10.1. The predicted molar refractivity (Wildman–Crippen MR) is 107 cm³/mol. The first kappa shape index (κ1) is 20.9. The average molecular weight is 431 g/mol. The highest BCUT2D eigenvalue weighted by molar-refractivity contribution is 5.84. The maximum Gasteiger partial charge on any atom is 0.413 e. The van der Waals surface area contributed by atoms with Crippen molar-refractivity contribution < 1.29 is 28.2 Å². The quantitative estimate of drug-likeness (QED) is 0.644. The highest BCUT2D eigenvalue weighted by atomic mass is 19.3. The number of benzene rings is 2. The fourth-order valence-corrected chi connectivity index (χ4v) is 3.39. The molecule has 1 aliphatic heterocycles. The van der Waals surface area contributed by atoms with Crippen LogP contribution in [0.15, 0.2) is 59.5 Å². The molecule has 2 heterocycles. The summed E-state index contributed by atoms with van der Waals surface area (Å²) in [6, 6.07) is 14.6. The van der Waals surface area contributed by atoms with Crippen LogP contribution in [0.5, 0.6) is 0 Å². The van der Waals surface area contributed by atoms with Crippen molar-refractivity contribution in [3.05, 3.63) is 70.8 Å². The number of nitrogens with one attached hydrogen (secondary N) is 1. The molecule has 1 fully saturated rings. The summed E-state index contributed by atoms with van der Waals surface area (Å²) in [5.41, 5.74) is -0.258. The standard InChI is InChI=1S/C21H19F2N3O5/c22-21(23)10-16(11-27)31-18(21)26-8-7-17(24-19(26)28)25-20(29)30-12-13-5-6-14-3-1-2-4-15(14)9-13/h1-9,16,18,27H,10-12H2,(H,24,25,28,29)/t16-,18+/m0/s1. The lowest BCUT2D eigenvalue weighted by Crippen LogP contribution is -2.35. The molecule has 0 unspecified atom stereocenters. The topological polar surface area (TPSA) is 103 Å². The van der Waals surface area contributed by atoms with Gasteiger partial charge in [0.2, 0.25) is 6.23 Å². The summed E-state index contributed by atoms with van der Waals surface area (Å²) < 4.78 is 38.9. The number of anilines is 1. The van der Waals surface area contributed by atoms with Crippen molar-refractivity contribution in [1.29, 1.82) is 0 Å². The van der Waals surface area contributed by atoms with Gasteiger partial charge >= 0.3 is 11.8 Å². The van der Waals surface area contributed by atoms with E-state index in [0.29, 0.717) is 4.57 Å². The van der Waals surface area contributed by atoms with Crippen LogP contribution in [0.2, 0.25) is 0 Å². The van der Waals surface area contributed by atoms with Crippen molar-refractivity contribution in [1.82, 2.24) is 9.55 Å². The first-order chi connectivity index (χ1) is 14.9. The number of aliphatic hydroxyl groups excluding tert-OH is 1. The Morgan fingerprint density at radius 2 is 2.03 bits per heavy atom. The summed E-state index contributed by atoms with van der Waals surface area (Å²) in [4.78, 5) is 27.8. The monoisotopic (exact) mass is 431 g/mol. The molecule has 0 aliphatic carbocycles. The number of fused-ring (bicyclic) bond motifs is 1. The minimum absolute atomic E-state index is 0.00157. The number of aliphatic hydroxyl groups is 1. The summed E-state index contributed by atoms with van der Waals surface area (Å²) in [6.07, 6.45) is -3.46. The van der Waals surface area contributed by atoms with E-state index in [1.165, 1.54) is 6.07 Å². The maximum absolute atomic E-state index is 14.1. The molecule has 1 saturated heterocycles. The van der Waals surface area contributed by atoms with Gasteiger partial charge in [-0.1, -0.05) is 36.4 Å². The summed E-state index contributed by atoms with van der Waals surface area (Å²) in [7, 11) is 0. The Bertz CT molecular complexity index is 1170. The van der Waals surface area contributed by atoms with E-state index in [4.69, 9.17) is 14.6 Å². The SMILES string of the molecule is O=C(Nc1ccn([C@@H]2O[C@H](CO)CC2(F)F)c(=O)n1)OCc1ccc2ccccc2c1. The van der Waals surface area contributed by atoms with Crippen molar-refractivity contribution in [2.24, 2.45) is 0 Å². The molecule has 8 nitrogen and oxygen atoms in total. The molecule has 0 bridgehead atoms. The van der Waals surface area contributed by atoms with E-state index in [1.807, 2.05) is 42.5 Å². The van der Waals surface area contributed by atoms with Crippen LogP contribution in [-0.2, 0) is 16.1 Å². The molecule has 4 rings (SSSR count). The zero-order chi connectivity index (χ0) is 22.0. The fourth-order valence-electron chi connectivity index (χ4n) is 3.39. The lowest BCUT2D eigenvalue weighted by molar-refractivity contribution is -0.120. The van der Waals surface area contributed by atoms with E-state index in [1.54, 1.807) is 0 Å². The molecule has 0 spiro atoms. The second-order valence-electron chi connectivity index (χ2n) is 7.14. The molecule has 1 aromatic heterocycles. The smallest absolute Gasteiger partial charge is 0.413 e. The van der Waals surface area contributed by atoms with Crippen molar-refractivity contribution in [2.75, 3.05) is 11.9 Å². The van der Waals surface area contributed by atoms with Crippen LogP contribution < -0.4 is 11.0 Å². The Morgan fingerprint density at radius 3 is 2.74 bits per heavy atom. The lowest BCUT2D eigenvalue weighted by Gasteiger charge is -2.19. The second kappa shape index (κ2) is 8.40. The molecule has 31 heavy (non-hydrogen) atoms. The third-order valence-electron chi connectivity index (χ3n) is 4.88. The molecule has 0 radical (unpaired) electrons. The highest BCUT2D eigenvalue weighted by Crippen LogP contribution is 2.41. The zero-order valence-electron chi connectivity index (χ0n) is 16.2. The Hall–Kier alpha value is -3.37. The van der Waals surface area contributed by atoms with Gasteiger partial charge in [0, 0.05) is 12.6 Å². The van der Waals surface area contributed by atoms with Gasteiger partial charge in [-0.05, 0) is 28.5 Å². The zero-order valence-corrected chi connectivity index (χ0v) is 16.2. The van der Waals surface area contributed by atoms with Crippen molar-refractivity contribution in [2.45, 2.75) is 31.3 Å². The first-order valence-electron chi connectivity index (χ1n) is 9.50. The average Bonchev–Trinajstić information content (AvgIpc) is 3.06. The predicted octanol–water partition coefficient (Wildman–Crippen LogP) is 3.06. The molecular weight excluding hydrogens is 412 g/mol. The van der Waals surface area contributed by atoms with Crippen LogP contribution in [-0.4, -0.2) is 39.4 Å². The molecule has 1 aliphatic rings. The number of alkyl halides is 2. The first-order valence-corrected chi connectivity index (χ1v) is 9.50. The van der Waals surface area contributed by atoms with Crippen LogP contribution >= 0.6 is 0 Å². The Morgan fingerprint density at radius 1 is 1.26 bits per heavy atom. The van der Waals surface area contributed by atoms with Gasteiger partial charge in [-0.15, -0.1) is 0 Å². The van der Waals surface area contributed by atoms with Crippen LogP contribution in [0.4, 0.5) is 19.4 Å². The van der Waals surface area contributed by atoms with Crippen LogP contribution in [0.3, 0.4) is 0 Å². The molecule has 2 aromatic carbocycles. The molecule has 2 atom stereocenters. The number of nitrogens with zero attached hydrogens (tertiary/aromatic N) is 2. The second-order valence-corrected chi connectivity index (χ2v) is 7.14. The Kier molecular flexibility index (Phi) is 5.66. The molecule has 10 heteroatoms. The molecule has 2 N–H and O–H groups in total. The van der Waals surface area contributed by atoms with Crippen molar-refractivity contribution in [3.63, 3.8) is 0 Å². The van der Waals surface area contributed by atoms with E-state index in [0.717, 1.165) is 22.5 Å². The minimum atomic E-state index is -3.34. The summed E-state index contributed by atoms with van der Waals surface area (Å²) >= 11 is 0. The summed E-state index contributed by atoms with van der Waals surface area (Å²) in [5, 5.41) is 13.4. The van der Waals surface area contributed by atoms with Gasteiger partial charge in [0.1, 0.15) is 12.4 Å². The van der Waals surface area contributed by atoms with E-state index in [2.05, 4.69) is 10.3 Å². The molecule has 1 amide bonds. The van der Waals surface area contributed by atoms with Crippen LogP contribution in [0.1, 0.15) is 18.2 Å². The van der Waals surface area contributed by atoms with Gasteiger partial charge in [-0.25, -0.2) is 18.4 Å². The van der Waals surface area contributed by atoms with E-state index >= 15 is 0 Å². The summed E-state index contributed by atoms with van der Waals surface area (Å²) in [6.45, 7) is -0.588.